The first-order valence-electron chi connectivity index (χ1n) is 6.77. The lowest BCUT2D eigenvalue weighted by Crippen LogP contribution is -2.34. The molecule has 0 aliphatic heterocycles. The highest BCUT2D eigenvalue weighted by molar-refractivity contribution is 5.48. The van der Waals surface area contributed by atoms with Crippen molar-refractivity contribution in [1.29, 1.82) is 5.26 Å². The van der Waals surface area contributed by atoms with Gasteiger partial charge >= 0.3 is 0 Å². The van der Waals surface area contributed by atoms with Gasteiger partial charge in [0.15, 0.2) is 0 Å². The van der Waals surface area contributed by atoms with E-state index in [0.717, 1.165) is 24.1 Å². The number of anilines is 1. The number of rotatable bonds is 3. The molecule has 0 aromatic heterocycles. The summed E-state index contributed by atoms with van der Waals surface area (Å²) >= 11 is 0. The third kappa shape index (κ3) is 2.65. The summed E-state index contributed by atoms with van der Waals surface area (Å²) in [5, 5.41) is 12.2. The second-order valence-corrected chi connectivity index (χ2v) is 5.25. The number of hydrogen-bond acceptors (Lipinski definition) is 2. The molecule has 0 atom stereocenters. The number of hydrogen-bond donors (Lipinski definition) is 1. The molecule has 1 aliphatic rings. The van der Waals surface area contributed by atoms with Crippen LogP contribution in [0.15, 0.2) is 48.5 Å². The first-order chi connectivity index (χ1) is 9.74. The highest BCUT2D eigenvalue weighted by atomic mass is 19.1. The molecule has 20 heavy (non-hydrogen) atoms. The van der Waals surface area contributed by atoms with Crippen molar-refractivity contribution in [2.45, 2.75) is 24.8 Å². The van der Waals surface area contributed by atoms with Gasteiger partial charge in [0.25, 0.3) is 0 Å². The van der Waals surface area contributed by atoms with Gasteiger partial charge < -0.3 is 5.32 Å². The minimum absolute atomic E-state index is 0.161. The van der Waals surface area contributed by atoms with Crippen molar-refractivity contribution >= 4 is 5.69 Å². The van der Waals surface area contributed by atoms with Crippen LogP contribution in [0.3, 0.4) is 0 Å². The fourth-order valence-electron chi connectivity index (χ4n) is 2.65. The molecule has 2 aromatic carbocycles. The quantitative estimate of drug-likeness (QED) is 0.909. The molecule has 0 bridgehead atoms. The van der Waals surface area contributed by atoms with E-state index in [1.807, 2.05) is 30.3 Å². The average Bonchev–Trinajstić information content (AvgIpc) is 2.43. The van der Waals surface area contributed by atoms with Gasteiger partial charge in [-0.2, -0.15) is 5.26 Å². The SMILES string of the molecule is N#Cc1ccc(NC2CC(c3cccc(F)c3)C2)cc1. The molecule has 1 aliphatic carbocycles. The smallest absolute Gasteiger partial charge is 0.123 e. The summed E-state index contributed by atoms with van der Waals surface area (Å²) in [5.74, 6) is 0.285. The topological polar surface area (TPSA) is 35.8 Å². The average molecular weight is 266 g/mol. The van der Waals surface area contributed by atoms with Crippen LogP contribution in [0.5, 0.6) is 0 Å². The summed E-state index contributed by atoms with van der Waals surface area (Å²) in [6.45, 7) is 0. The number of nitrogens with zero attached hydrogens (tertiary/aromatic N) is 1. The van der Waals surface area contributed by atoms with Crippen LogP contribution in [0.25, 0.3) is 0 Å². The normalized spacial score (nSPS) is 20.8. The molecular formula is C17H15FN2. The molecule has 1 saturated carbocycles. The summed E-state index contributed by atoms with van der Waals surface area (Å²) < 4.78 is 13.2. The number of benzene rings is 2. The second-order valence-electron chi connectivity index (χ2n) is 5.25. The monoisotopic (exact) mass is 266 g/mol. The van der Waals surface area contributed by atoms with E-state index >= 15 is 0 Å². The van der Waals surface area contributed by atoms with Crippen LogP contribution in [0.2, 0.25) is 0 Å². The first-order valence-corrected chi connectivity index (χ1v) is 6.77. The summed E-state index contributed by atoms with van der Waals surface area (Å²) in [7, 11) is 0. The molecule has 2 nitrogen and oxygen atoms in total. The third-order valence-electron chi connectivity index (χ3n) is 3.84. The van der Waals surface area contributed by atoms with E-state index in [0.29, 0.717) is 17.5 Å². The Morgan fingerprint density at radius 1 is 1.10 bits per heavy atom. The van der Waals surface area contributed by atoms with Crippen molar-refractivity contribution in [2.75, 3.05) is 5.32 Å². The molecule has 3 rings (SSSR count). The van der Waals surface area contributed by atoms with E-state index in [2.05, 4.69) is 11.4 Å². The van der Waals surface area contributed by atoms with E-state index in [4.69, 9.17) is 5.26 Å². The number of nitrogens with one attached hydrogen (secondary N) is 1. The van der Waals surface area contributed by atoms with Crippen LogP contribution in [0.1, 0.15) is 29.9 Å². The Balaban J connectivity index is 1.56. The van der Waals surface area contributed by atoms with Crippen LogP contribution >= 0.6 is 0 Å². The molecular weight excluding hydrogens is 251 g/mol. The highest BCUT2D eigenvalue weighted by Crippen LogP contribution is 2.38. The van der Waals surface area contributed by atoms with Gasteiger partial charge in [0.05, 0.1) is 11.6 Å². The van der Waals surface area contributed by atoms with Crippen molar-refractivity contribution in [2.24, 2.45) is 0 Å². The Morgan fingerprint density at radius 2 is 1.85 bits per heavy atom. The van der Waals surface area contributed by atoms with Gasteiger partial charge in [-0.15, -0.1) is 0 Å². The molecule has 0 radical (unpaired) electrons. The van der Waals surface area contributed by atoms with Gasteiger partial charge in [-0.25, -0.2) is 4.39 Å². The Bertz CT molecular complexity index is 637. The van der Waals surface area contributed by atoms with Crippen molar-refractivity contribution < 1.29 is 4.39 Å². The van der Waals surface area contributed by atoms with E-state index in [-0.39, 0.29) is 5.82 Å². The van der Waals surface area contributed by atoms with Crippen molar-refractivity contribution in [1.82, 2.24) is 0 Å². The lowest BCUT2D eigenvalue weighted by Gasteiger charge is -2.37. The van der Waals surface area contributed by atoms with Crippen LogP contribution in [0, 0.1) is 17.1 Å². The zero-order valence-corrected chi connectivity index (χ0v) is 11.0. The standard InChI is InChI=1S/C17H15FN2/c18-15-3-1-2-13(8-15)14-9-17(10-14)20-16-6-4-12(11-19)5-7-16/h1-8,14,17,20H,9-10H2. The Hall–Kier alpha value is -2.34. The maximum absolute atomic E-state index is 13.2. The van der Waals surface area contributed by atoms with Gasteiger partial charge in [0.1, 0.15) is 5.82 Å². The summed E-state index contributed by atoms with van der Waals surface area (Å²) in [6, 6.07) is 16.9. The van der Waals surface area contributed by atoms with Crippen LogP contribution < -0.4 is 5.32 Å². The fraction of sp³-hybridized carbons (Fsp3) is 0.235. The van der Waals surface area contributed by atoms with Gasteiger partial charge in [0.2, 0.25) is 0 Å². The zero-order chi connectivity index (χ0) is 13.9. The third-order valence-corrected chi connectivity index (χ3v) is 3.84. The minimum atomic E-state index is -0.161. The Labute approximate surface area is 117 Å². The maximum atomic E-state index is 13.2. The largest absolute Gasteiger partial charge is 0.382 e. The second kappa shape index (κ2) is 5.34. The molecule has 2 aromatic rings. The van der Waals surface area contributed by atoms with E-state index in [9.17, 15) is 4.39 Å². The van der Waals surface area contributed by atoms with Crippen LogP contribution in [-0.4, -0.2) is 6.04 Å². The van der Waals surface area contributed by atoms with Gasteiger partial charge in [-0.3, -0.25) is 0 Å². The lowest BCUT2D eigenvalue weighted by molar-refractivity contribution is 0.373. The predicted molar refractivity (Wildman–Crippen MR) is 76.9 cm³/mol. The molecule has 0 spiro atoms. The van der Waals surface area contributed by atoms with Gasteiger partial charge in [-0.1, -0.05) is 12.1 Å². The first kappa shape index (κ1) is 12.7. The van der Waals surface area contributed by atoms with Crippen LogP contribution in [-0.2, 0) is 0 Å². The van der Waals surface area contributed by atoms with Crippen molar-refractivity contribution in [3.8, 4) is 6.07 Å². The summed E-state index contributed by atoms with van der Waals surface area (Å²) in [5.41, 5.74) is 2.79. The number of nitriles is 1. The van der Waals surface area contributed by atoms with Crippen LogP contribution in [0.4, 0.5) is 10.1 Å². The predicted octanol–water partition coefficient (Wildman–Crippen LogP) is 4.06. The highest BCUT2D eigenvalue weighted by Gasteiger charge is 2.30. The summed E-state index contributed by atoms with van der Waals surface area (Å²) in [4.78, 5) is 0. The maximum Gasteiger partial charge on any atom is 0.123 e. The molecule has 0 saturated heterocycles. The molecule has 0 unspecified atom stereocenters. The number of halogens is 1. The van der Waals surface area contributed by atoms with E-state index in [1.54, 1.807) is 12.1 Å². The molecule has 100 valence electrons. The molecule has 0 heterocycles. The van der Waals surface area contributed by atoms with Crippen molar-refractivity contribution in [3.63, 3.8) is 0 Å². The Morgan fingerprint density at radius 3 is 2.50 bits per heavy atom. The molecule has 3 heteroatoms. The van der Waals surface area contributed by atoms with Gasteiger partial charge in [-0.05, 0) is 60.7 Å². The van der Waals surface area contributed by atoms with Gasteiger partial charge in [0, 0.05) is 11.7 Å². The summed E-state index contributed by atoms with van der Waals surface area (Å²) in [6.07, 6.45) is 2.03. The van der Waals surface area contributed by atoms with Crippen molar-refractivity contribution in [3.05, 3.63) is 65.5 Å². The zero-order valence-electron chi connectivity index (χ0n) is 11.0. The lowest BCUT2D eigenvalue weighted by atomic mass is 9.76. The van der Waals surface area contributed by atoms with E-state index < -0.39 is 0 Å². The minimum Gasteiger partial charge on any atom is -0.382 e. The molecule has 1 N–H and O–H groups in total. The molecule has 1 fully saturated rings. The fourth-order valence-corrected chi connectivity index (χ4v) is 2.65. The Kier molecular flexibility index (Phi) is 3.39. The molecule has 0 amide bonds. The van der Waals surface area contributed by atoms with E-state index in [1.165, 1.54) is 6.07 Å².